The average Bonchev–Trinajstić information content (AvgIpc) is 2.95. The first-order valence-electron chi connectivity index (χ1n) is 4.78. The summed E-state index contributed by atoms with van der Waals surface area (Å²) in [6.07, 6.45) is 1.64. The van der Waals surface area contributed by atoms with E-state index in [0.717, 1.165) is 12.8 Å². The van der Waals surface area contributed by atoms with E-state index in [-0.39, 0.29) is 5.92 Å². The molecule has 1 rings (SSSR count). The van der Waals surface area contributed by atoms with Crippen molar-refractivity contribution in [3.63, 3.8) is 0 Å². The standard InChI is InChI=1S/C10H13FO4/c1-6(2)15-10(13)8(11)5-14-9(12)7-3-4-7/h5-7H,3-4H2,1-2H3/b8-5-. The number of carbonyl (C=O) groups excluding carboxylic acids is 2. The van der Waals surface area contributed by atoms with Gasteiger partial charge in [-0.3, -0.25) is 4.79 Å². The monoisotopic (exact) mass is 216 g/mol. The van der Waals surface area contributed by atoms with Gasteiger partial charge in [-0.15, -0.1) is 0 Å². The van der Waals surface area contributed by atoms with Crippen molar-refractivity contribution in [2.75, 3.05) is 0 Å². The van der Waals surface area contributed by atoms with E-state index in [0.29, 0.717) is 6.26 Å². The molecule has 0 aromatic rings. The van der Waals surface area contributed by atoms with Crippen LogP contribution in [-0.4, -0.2) is 18.0 Å². The highest BCUT2D eigenvalue weighted by atomic mass is 19.1. The molecular weight excluding hydrogens is 203 g/mol. The third-order valence-corrected chi connectivity index (χ3v) is 1.73. The highest BCUT2D eigenvalue weighted by Crippen LogP contribution is 2.30. The maximum Gasteiger partial charge on any atom is 0.370 e. The average molecular weight is 216 g/mol. The zero-order valence-electron chi connectivity index (χ0n) is 8.66. The molecule has 0 aliphatic heterocycles. The van der Waals surface area contributed by atoms with Gasteiger partial charge in [-0.2, -0.15) is 4.39 Å². The van der Waals surface area contributed by atoms with Gasteiger partial charge >= 0.3 is 11.9 Å². The van der Waals surface area contributed by atoms with Crippen molar-refractivity contribution in [3.8, 4) is 0 Å². The van der Waals surface area contributed by atoms with Crippen molar-refractivity contribution < 1.29 is 23.5 Å². The predicted molar refractivity (Wildman–Crippen MR) is 49.2 cm³/mol. The Hall–Kier alpha value is -1.39. The van der Waals surface area contributed by atoms with Crippen LogP contribution in [0, 0.1) is 5.92 Å². The second kappa shape index (κ2) is 4.91. The van der Waals surface area contributed by atoms with E-state index in [4.69, 9.17) is 0 Å². The Morgan fingerprint density at radius 1 is 1.40 bits per heavy atom. The fraction of sp³-hybridized carbons (Fsp3) is 0.600. The summed E-state index contributed by atoms with van der Waals surface area (Å²) < 4.78 is 21.9. The van der Waals surface area contributed by atoms with Crippen molar-refractivity contribution in [2.24, 2.45) is 5.92 Å². The first-order chi connectivity index (χ1) is 7.00. The SMILES string of the molecule is CC(C)OC(=O)/C(F)=C/OC(=O)C1CC1. The smallest absolute Gasteiger partial charge is 0.370 e. The Morgan fingerprint density at radius 3 is 2.47 bits per heavy atom. The zero-order chi connectivity index (χ0) is 11.4. The van der Waals surface area contributed by atoms with Crippen LogP contribution in [0.25, 0.3) is 0 Å². The van der Waals surface area contributed by atoms with E-state index >= 15 is 0 Å². The summed E-state index contributed by atoms with van der Waals surface area (Å²) in [6.45, 7) is 3.20. The second-order valence-electron chi connectivity index (χ2n) is 3.63. The van der Waals surface area contributed by atoms with Crippen LogP contribution in [0.5, 0.6) is 0 Å². The molecule has 1 saturated carbocycles. The van der Waals surface area contributed by atoms with E-state index in [1.165, 1.54) is 0 Å². The number of halogens is 1. The molecule has 0 N–H and O–H groups in total. The van der Waals surface area contributed by atoms with E-state index in [2.05, 4.69) is 9.47 Å². The molecule has 0 radical (unpaired) electrons. The molecule has 0 atom stereocenters. The maximum absolute atomic E-state index is 12.9. The number of hydrogen-bond acceptors (Lipinski definition) is 4. The van der Waals surface area contributed by atoms with Gasteiger partial charge in [0.15, 0.2) is 0 Å². The lowest BCUT2D eigenvalue weighted by atomic mass is 10.4. The third kappa shape index (κ3) is 4.10. The lowest BCUT2D eigenvalue weighted by Gasteiger charge is -2.05. The fourth-order valence-corrected chi connectivity index (χ4v) is 0.844. The van der Waals surface area contributed by atoms with Crippen LogP contribution in [0.15, 0.2) is 12.1 Å². The van der Waals surface area contributed by atoms with Gasteiger partial charge in [0.1, 0.15) is 6.26 Å². The molecule has 15 heavy (non-hydrogen) atoms. The van der Waals surface area contributed by atoms with Gasteiger partial charge in [0.25, 0.3) is 0 Å². The molecule has 1 aliphatic carbocycles. The summed E-state index contributed by atoms with van der Waals surface area (Å²) >= 11 is 0. The van der Waals surface area contributed by atoms with E-state index in [1.54, 1.807) is 13.8 Å². The van der Waals surface area contributed by atoms with Crippen molar-refractivity contribution >= 4 is 11.9 Å². The first-order valence-corrected chi connectivity index (χ1v) is 4.78. The summed E-state index contributed by atoms with van der Waals surface area (Å²) in [5, 5.41) is 0. The molecule has 0 saturated heterocycles. The molecule has 0 bridgehead atoms. The van der Waals surface area contributed by atoms with Gasteiger partial charge in [-0.1, -0.05) is 0 Å². The largest absolute Gasteiger partial charge is 0.458 e. The highest BCUT2D eigenvalue weighted by molar-refractivity contribution is 5.86. The summed E-state index contributed by atoms with van der Waals surface area (Å²) in [4.78, 5) is 21.9. The topological polar surface area (TPSA) is 52.6 Å². The Balaban J connectivity index is 2.36. The predicted octanol–water partition coefficient (Wildman–Crippen LogP) is 1.70. The van der Waals surface area contributed by atoms with Crippen LogP contribution in [0.1, 0.15) is 26.7 Å². The minimum absolute atomic E-state index is 0.129. The van der Waals surface area contributed by atoms with E-state index in [9.17, 15) is 14.0 Å². The minimum atomic E-state index is -1.20. The number of rotatable bonds is 4. The molecule has 1 aliphatic rings. The lowest BCUT2D eigenvalue weighted by molar-refractivity contribution is -0.145. The van der Waals surface area contributed by atoms with Gasteiger partial charge in [0, 0.05) is 0 Å². The Labute approximate surface area is 87.0 Å². The molecule has 5 heteroatoms. The van der Waals surface area contributed by atoms with E-state index in [1.807, 2.05) is 0 Å². The molecule has 4 nitrogen and oxygen atoms in total. The third-order valence-electron chi connectivity index (χ3n) is 1.73. The molecule has 0 unspecified atom stereocenters. The molecule has 0 spiro atoms. The van der Waals surface area contributed by atoms with E-state index < -0.39 is 23.9 Å². The number of ether oxygens (including phenoxy) is 2. The Bertz CT molecular complexity index is 292. The van der Waals surface area contributed by atoms with Crippen LogP contribution in [-0.2, 0) is 19.1 Å². The molecule has 0 aromatic heterocycles. The molecule has 1 fully saturated rings. The molecule has 84 valence electrons. The Morgan fingerprint density at radius 2 is 2.00 bits per heavy atom. The summed E-state index contributed by atoms with van der Waals surface area (Å²) in [5.74, 6) is -2.94. The molecule has 0 amide bonds. The van der Waals surface area contributed by atoms with Crippen LogP contribution in [0.2, 0.25) is 0 Å². The number of esters is 2. The normalized spacial score (nSPS) is 16.4. The summed E-state index contributed by atoms with van der Waals surface area (Å²) in [5.41, 5.74) is 0. The lowest BCUT2D eigenvalue weighted by Crippen LogP contribution is -2.12. The van der Waals surface area contributed by atoms with Crippen LogP contribution in [0.3, 0.4) is 0 Å². The maximum atomic E-state index is 12.9. The van der Waals surface area contributed by atoms with Gasteiger partial charge in [0.2, 0.25) is 5.83 Å². The quantitative estimate of drug-likeness (QED) is 0.407. The fourth-order valence-electron chi connectivity index (χ4n) is 0.844. The van der Waals surface area contributed by atoms with Gasteiger partial charge in [-0.05, 0) is 26.7 Å². The molecule has 0 aromatic carbocycles. The highest BCUT2D eigenvalue weighted by Gasteiger charge is 2.31. The minimum Gasteiger partial charge on any atom is -0.458 e. The zero-order valence-corrected chi connectivity index (χ0v) is 8.66. The van der Waals surface area contributed by atoms with Crippen molar-refractivity contribution in [2.45, 2.75) is 32.8 Å². The van der Waals surface area contributed by atoms with Crippen molar-refractivity contribution in [1.29, 1.82) is 0 Å². The Kier molecular flexibility index (Phi) is 3.82. The summed E-state index contributed by atoms with van der Waals surface area (Å²) in [6, 6.07) is 0. The van der Waals surface area contributed by atoms with Gasteiger partial charge in [0.05, 0.1) is 12.0 Å². The van der Waals surface area contributed by atoms with Crippen LogP contribution in [0.4, 0.5) is 4.39 Å². The van der Waals surface area contributed by atoms with Crippen LogP contribution >= 0.6 is 0 Å². The number of carbonyl (C=O) groups is 2. The molecule has 0 heterocycles. The van der Waals surface area contributed by atoms with Crippen molar-refractivity contribution in [3.05, 3.63) is 12.1 Å². The first kappa shape index (κ1) is 11.7. The molecular formula is C10H13FO4. The summed E-state index contributed by atoms with van der Waals surface area (Å²) in [7, 11) is 0. The van der Waals surface area contributed by atoms with Gasteiger partial charge < -0.3 is 9.47 Å². The van der Waals surface area contributed by atoms with Gasteiger partial charge in [-0.25, -0.2) is 4.79 Å². The van der Waals surface area contributed by atoms with Crippen LogP contribution < -0.4 is 0 Å². The number of hydrogen-bond donors (Lipinski definition) is 0. The van der Waals surface area contributed by atoms with Crippen molar-refractivity contribution in [1.82, 2.24) is 0 Å². The second-order valence-corrected chi connectivity index (χ2v) is 3.63.